The molecule has 8 nitrogen and oxygen atoms in total. The average Bonchev–Trinajstić information content (AvgIpc) is 3.49. The monoisotopic (exact) mass is 437 g/mol. The third-order valence-corrected chi connectivity index (χ3v) is 7.58. The molecule has 164 valence electrons. The van der Waals surface area contributed by atoms with Crippen LogP contribution in [0.4, 0.5) is 0 Å². The maximum atomic E-state index is 9.29. The molecule has 0 aromatic carbocycles. The summed E-state index contributed by atoms with van der Waals surface area (Å²) in [5.74, 6) is 1.06. The predicted octanol–water partition coefficient (Wildman–Crippen LogP) is 3.67. The van der Waals surface area contributed by atoms with E-state index in [1.165, 1.54) is 0 Å². The van der Waals surface area contributed by atoms with Crippen LogP contribution in [-0.2, 0) is 11.5 Å². The Morgan fingerprint density at radius 3 is 2.97 bits per heavy atom. The van der Waals surface area contributed by atoms with Crippen molar-refractivity contribution in [1.82, 2.24) is 29.6 Å². The molecule has 0 bridgehead atoms. The number of hydrogen-bond acceptors (Lipinski definition) is 6. The number of aromatic nitrogens is 5. The fourth-order valence-corrected chi connectivity index (χ4v) is 4.72. The number of nitrogens with zero attached hydrogens (tertiary/aromatic N) is 6. The smallest absolute Gasteiger partial charge is 0.164 e. The molecule has 0 aliphatic carbocycles. The van der Waals surface area contributed by atoms with Crippen LogP contribution in [0.5, 0.6) is 0 Å². The summed E-state index contributed by atoms with van der Waals surface area (Å²) in [7, 11) is -1.10. The minimum absolute atomic E-state index is 0.0705. The first-order valence-electron chi connectivity index (χ1n) is 11.0. The van der Waals surface area contributed by atoms with Gasteiger partial charge in [0.1, 0.15) is 12.4 Å². The van der Waals surface area contributed by atoms with Gasteiger partial charge in [0.15, 0.2) is 5.82 Å². The lowest BCUT2D eigenvalue weighted by Crippen LogP contribution is -2.22. The van der Waals surface area contributed by atoms with E-state index in [4.69, 9.17) is 9.72 Å². The topological polar surface area (TPSA) is 93.6 Å². The highest BCUT2D eigenvalue weighted by Gasteiger charge is 2.27. The quantitative estimate of drug-likeness (QED) is 0.405. The van der Waals surface area contributed by atoms with E-state index >= 15 is 0 Å². The minimum atomic E-state index is -1.10. The van der Waals surface area contributed by atoms with Gasteiger partial charge in [-0.3, -0.25) is 4.68 Å². The third-order valence-electron chi connectivity index (χ3n) is 5.87. The van der Waals surface area contributed by atoms with Crippen molar-refractivity contribution in [3.8, 4) is 17.5 Å². The third kappa shape index (κ3) is 5.21. The molecule has 3 aromatic rings. The Labute approximate surface area is 184 Å². The van der Waals surface area contributed by atoms with Crippen LogP contribution in [0.25, 0.3) is 22.4 Å². The molecule has 2 atom stereocenters. The number of ether oxygens (including phenoxy) is 1. The molecule has 0 radical (unpaired) electrons. The predicted molar refractivity (Wildman–Crippen MR) is 123 cm³/mol. The molecule has 0 spiro atoms. The Morgan fingerprint density at radius 1 is 1.35 bits per heavy atom. The van der Waals surface area contributed by atoms with Gasteiger partial charge in [0.2, 0.25) is 0 Å². The average molecular weight is 438 g/mol. The number of rotatable bonds is 9. The lowest BCUT2D eigenvalue weighted by Gasteiger charge is -2.20. The second-order valence-corrected chi connectivity index (χ2v) is 15.1. The molecule has 4 heterocycles. The van der Waals surface area contributed by atoms with Gasteiger partial charge in [0.25, 0.3) is 0 Å². The van der Waals surface area contributed by atoms with Gasteiger partial charge in [-0.25, -0.2) is 9.97 Å². The Morgan fingerprint density at radius 2 is 2.23 bits per heavy atom. The van der Waals surface area contributed by atoms with Crippen LogP contribution >= 0.6 is 0 Å². The first-order valence-corrected chi connectivity index (χ1v) is 14.7. The Balaban J connectivity index is 1.51. The van der Waals surface area contributed by atoms with Crippen molar-refractivity contribution in [2.45, 2.75) is 51.3 Å². The maximum absolute atomic E-state index is 9.29. The van der Waals surface area contributed by atoms with Gasteiger partial charge in [0, 0.05) is 45.2 Å². The summed E-state index contributed by atoms with van der Waals surface area (Å²) in [6.45, 7) is 10.2. The summed E-state index contributed by atoms with van der Waals surface area (Å²) in [4.78, 5) is 9.34. The summed E-state index contributed by atoms with van der Waals surface area (Å²) < 4.78 is 9.86. The molecule has 0 saturated carbocycles. The molecule has 3 aromatic heterocycles. The standard InChI is InChI=1S/C22H31N7OSi/c1-31(2,3)11-10-30-16-28-9-6-18-13-25-21(27-22(18)28)19-14-26-29(15-19)20(4-7-23)17-5-8-24-12-17/h6,9,13-15,17,20,24H,4-5,8,10-12,16H2,1-3H3. The molecule has 31 heavy (non-hydrogen) atoms. The van der Waals surface area contributed by atoms with E-state index in [0.717, 1.165) is 48.8 Å². The summed E-state index contributed by atoms with van der Waals surface area (Å²) in [5.41, 5.74) is 1.72. The molecule has 1 aliphatic rings. The Bertz CT molecular complexity index is 1060. The minimum Gasteiger partial charge on any atom is -0.361 e. The number of nitrogens with one attached hydrogen (secondary N) is 1. The van der Waals surface area contributed by atoms with Gasteiger partial charge < -0.3 is 14.6 Å². The Hall–Kier alpha value is -2.54. The van der Waals surface area contributed by atoms with E-state index in [0.29, 0.717) is 24.9 Å². The highest BCUT2D eigenvalue weighted by atomic mass is 28.3. The molecule has 9 heteroatoms. The van der Waals surface area contributed by atoms with E-state index in [1.54, 1.807) is 6.20 Å². The van der Waals surface area contributed by atoms with E-state index in [1.807, 2.05) is 33.9 Å². The number of nitriles is 1. The molecular formula is C22H31N7OSi. The first kappa shape index (κ1) is 21.7. The SMILES string of the molecule is C[Si](C)(C)CCOCn1ccc2cnc(-c3cnn(C(CC#N)C4CCNC4)c3)nc21. The second-order valence-electron chi connectivity index (χ2n) is 9.50. The van der Waals surface area contributed by atoms with Crippen molar-refractivity contribution in [2.24, 2.45) is 5.92 Å². The van der Waals surface area contributed by atoms with Gasteiger partial charge >= 0.3 is 0 Å². The number of hydrogen-bond donors (Lipinski definition) is 1. The molecule has 1 saturated heterocycles. The van der Waals surface area contributed by atoms with Gasteiger partial charge in [-0.05, 0) is 31.0 Å². The fraction of sp³-hybridized carbons (Fsp3) is 0.545. The second kappa shape index (κ2) is 9.30. The largest absolute Gasteiger partial charge is 0.361 e. The lowest BCUT2D eigenvalue weighted by atomic mass is 9.97. The maximum Gasteiger partial charge on any atom is 0.164 e. The van der Waals surface area contributed by atoms with E-state index < -0.39 is 8.07 Å². The molecule has 1 aliphatic heterocycles. The van der Waals surface area contributed by atoms with Crippen molar-refractivity contribution in [3.05, 3.63) is 30.9 Å². The zero-order valence-corrected chi connectivity index (χ0v) is 19.6. The van der Waals surface area contributed by atoms with Crippen molar-refractivity contribution in [3.63, 3.8) is 0 Å². The van der Waals surface area contributed by atoms with Gasteiger partial charge in [-0.2, -0.15) is 10.4 Å². The highest BCUT2D eigenvalue weighted by Crippen LogP contribution is 2.28. The normalized spacial score (nSPS) is 17.8. The van der Waals surface area contributed by atoms with E-state index in [-0.39, 0.29) is 6.04 Å². The van der Waals surface area contributed by atoms with Crippen LogP contribution in [0.15, 0.2) is 30.9 Å². The van der Waals surface area contributed by atoms with Gasteiger partial charge in [-0.15, -0.1) is 0 Å². The molecule has 0 amide bonds. The van der Waals surface area contributed by atoms with Crippen LogP contribution in [0.2, 0.25) is 25.7 Å². The van der Waals surface area contributed by atoms with E-state index in [9.17, 15) is 5.26 Å². The molecule has 1 fully saturated rings. The Kier molecular flexibility index (Phi) is 6.50. The van der Waals surface area contributed by atoms with Crippen molar-refractivity contribution < 1.29 is 4.74 Å². The van der Waals surface area contributed by atoms with Gasteiger partial charge in [-0.1, -0.05) is 19.6 Å². The van der Waals surface area contributed by atoms with Crippen LogP contribution in [0, 0.1) is 17.2 Å². The van der Waals surface area contributed by atoms with Crippen LogP contribution in [0.3, 0.4) is 0 Å². The zero-order valence-electron chi connectivity index (χ0n) is 18.6. The summed E-state index contributed by atoms with van der Waals surface area (Å²) in [6.07, 6.45) is 9.13. The summed E-state index contributed by atoms with van der Waals surface area (Å²) in [6, 6.07) is 5.55. The van der Waals surface area contributed by atoms with E-state index in [2.05, 4.69) is 41.1 Å². The highest BCUT2D eigenvalue weighted by molar-refractivity contribution is 6.76. The summed E-state index contributed by atoms with van der Waals surface area (Å²) in [5, 5.41) is 18.2. The molecular weight excluding hydrogens is 406 g/mol. The molecule has 1 N–H and O–H groups in total. The fourth-order valence-electron chi connectivity index (χ4n) is 3.97. The summed E-state index contributed by atoms with van der Waals surface area (Å²) >= 11 is 0. The van der Waals surface area contributed by atoms with Crippen LogP contribution in [-0.4, -0.2) is 52.1 Å². The van der Waals surface area contributed by atoms with Crippen LogP contribution in [0.1, 0.15) is 18.9 Å². The first-order chi connectivity index (χ1) is 14.9. The lowest BCUT2D eigenvalue weighted by molar-refractivity contribution is 0.0899. The van der Waals surface area contributed by atoms with Crippen molar-refractivity contribution in [2.75, 3.05) is 19.7 Å². The van der Waals surface area contributed by atoms with Gasteiger partial charge in [0.05, 0.1) is 30.3 Å². The van der Waals surface area contributed by atoms with Crippen molar-refractivity contribution >= 4 is 19.1 Å². The van der Waals surface area contributed by atoms with Crippen molar-refractivity contribution in [1.29, 1.82) is 5.26 Å². The number of fused-ring (bicyclic) bond motifs is 1. The zero-order chi connectivity index (χ0) is 21.8. The molecule has 4 rings (SSSR count). The molecule has 2 unspecified atom stereocenters. The van der Waals surface area contributed by atoms with Crippen LogP contribution < -0.4 is 5.32 Å².